The fourth-order valence-corrected chi connectivity index (χ4v) is 3.17. The minimum absolute atomic E-state index is 0.00377. The molecule has 6 nitrogen and oxygen atoms in total. The molecule has 0 aliphatic heterocycles. The molecule has 1 heterocycles. The second kappa shape index (κ2) is 9.39. The first kappa shape index (κ1) is 21.3. The van der Waals surface area contributed by atoms with E-state index in [-0.39, 0.29) is 18.4 Å². The summed E-state index contributed by atoms with van der Waals surface area (Å²) in [5.41, 5.74) is 4.96. The summed E-state index contributed by atoms with van der Waals surface area (Å²) >= 11 is 0. The number of amides is 2. The van der Waals surface area contributed by atoms with Crippen LogP contribution in [0.2, 0.25) is 0 Å². The molecule has 0 saturated heterocycles. The van der Waals surface area contributed by atoms with E-state index in [2.05, 4.69) is 10.3 Å². The zero-order chi connectivity index (χ0) is 21.7. The van der Waals surface area contributed by atoms with Crippen LogP contribution in [0.1, 0.15) is 31.4 Å². The Kier molecular flexibility index (Phi) is 6.67. The Hall–Kier alpha value is -3.41. The van der Waals surface area contributed by atoms with E-state index in [9.17, 15) is 9.59 Å². The Labute approximate surface area is 177 Å². The molecule has 0 bridgehead atoms. The topological polar surface area (TPSA) is 67.2 Å². The molecule has 2 aromatic carbocycles. The zero-order valence-corrected chi connectivity index (χ0v) is 18.0. The van der Waals surface area contributed by atoms with Crippen LogP contribution in [0.3, 0.4) is 0 Å². The molecular formula is C24H28N4O2. The van der Waals surface area contributed by atoms with Crippen molar-refractivity contribution in [2.45, 2.75) is 34.1 Å². The summed E-state index contributed by atoms with van der Waals surface area (Å²) in [6.45, 7) is 8.22. The number of hydrogen-bond donors (Lipinski definition) is 1. The molecule has 0 radical (unpaired) electrons. The summed E-state index contributed by atoms with van der Waals surface area (Å²) in [5, 5.41) is 2.89. The fraction of sp³-hybridized carbons (Fsp3) is 0.292. The molecule has 6 heteroatoms. The third-order valence-corrected chi connectivity index (χ3v) is 4.99. The lowest BCUT2D eigenvalue weighted by molar-refractivity contribution is -0.134. The van der Waals surface area contributed by atoms with E-state index in [1.165, 1.54) is 10.5 Å². The highest BCUT2D eigenvalue weighted by Gasteiger charge is 2.17. The molecular weight excluding hydrogens is 376 g/mol. The summed E-state index contributed by atoms with van der Waals surface area (Å²) in [6.07, 6.45) is 2.29. The number of imidazole rings is 1. The Bertz CT molecular complexity index is 1020. The quantitative estimate of drug-likeness (QED) is 0.636. The predicted molar refractivity (Wildman–Crippen MR) is 120 cm³/mol. The number of carbonyl (C=O) groups is 2. The van der Waals surface area contributed by atoms with Crippen molar-refractivity contribution in [2.24, 2.45) is 0 Å². The van der Waals surface area contributed by atoms with Crippen LogP contribution < -0.4 is 5.32 Å². The smallest absolute Gasteiger partial charge is 0.246 e. The summed E-state index contributed by atoms with van der Waals surface area (Å²) in [6, 6.07) is 16.1. The maximum atomic E-state index is 12.7. The Balaban J connectivity index is 1.93. The Morgan fingerprint density at radius 3 is 2.13 bits per heavy atom. The van der Waals surface area contributed by atoms with E-state index >= 15 is 0 Å². The van der Waals surface area contributed by atoms with Gasteiger partial charge in [-0.3, -0.25) is 19.5 Å². The molecule has 156 valence electrons. The van der Waals surface area contributed by atoms with E-state index < -0.39 is 0 Å². The SMILES string of the molecule is CCC(=O)N(CC)CC(=O)Nc1nc(-c2ccc(C)cc2)cn1-c1ccc(C)cc1. The van der Waals surface area contributed by atoms with Crippen LogP contribution in [0, 0.1) is 13.8 Å². The van der Waals surface area contributed by atoms with Crippen molar-refractivity contribution in [1.82, 2.24) is 14.5 Å². The van der Waals surface area contributed by atoms with Crippen molar-refractivity contribution in [3.8, 4) is 16.9 Å². The van der Waals surface area contributed by atoms with Gasteiger partial charge in [-0.05, 0) is 32.9 Å². The van der Waals surface area contributed by atoms with Crippen molar-refractivity contribution >= 4 is 17.8 Å². The van der Waals surface area contributed by atoms with Crippen molar-refractivity contribution in [1.29, 1.82) is 0 Å². The van der Waals surface area contributed by atoms with Crippen LogP contribution >= 0.6 is 0 Å². The minimum atomic E-state index is -0.270. The molecule has 0 saturated carbocycles. The minimum Gasteiger partial charge on any atom is -0.334 e. The first-order chi connectivity index (χ1) is 14.4. The van der Waals surface area contributed by atoms with Gasteiger partial charge < -0.3 is 4.90 Å². The van der Waals surface area contributed by atoms with E-state index in [4.69, 9.17) is 0 Å². The van der Waals surface area contributed by atoms with E-state index in [1.54, 1.807) is 6.92 Å². The van der Waals surface area contributed by atoms with Gasteiger partial charge in [-0.2, -0.15) is 0 Å². The maximum Gasteiger partial charge on any atom is 0.246 e. The summed E-state index contributed by atoms with van der Waals surface area (Å²) in [4.78, 5) is 30.9. The number of nitrogens with zero attached hydrogens (tertiary/aromatic N) is 3. The van der Waals surface area contributed by atoms with Crippen LogP contribution in [-0.4, -0.2) is 39.4 Å². The van der Waals surface area contributed by atoms with Gasteiger partial charge in [0.2, 0.25) is 17.8 Å². The lowest BCUT2D eigenvalue weighted by Crippen LogP contribution is -2.37. The Morgan fingerprint density at radius 2 is 1.57 bits per heavy atom. The zero-order valence-electron chi connectivity index (χ0n) is 18.0. The van der Waals surface area contributed by atoms with Crippen LogP contribution in [0.4, 0.5) is 5.95 Å². The average Bonchev–Trinajstić information content (AvgIpc) is 3.16. The fourth-order valence-electron chi connectivity index (χ4n) is 3.17. The summed E-state index contributed by atoms with van der Waals surface area (Å²) in [7, 11) is 0. The number of aromatic nitrogens is 2. The van der Waals surface area contributed by atoms with Gasteiger partial charge in [0.1, 0.15) is 0 Å². The highest BCUT2D eigenvalue weighted by molar-refractivity contribution is 5.93. The normalized spacial score (nSPS) is 10.7. The van der Waals surface area contributed by atoms with Crippen molar-refractivity contribution in [2.75, 3.05) is 18.4 Å². The van der Waals surface area contributed by atoms with Crippen molar-refractivity contribution < 1.29 is 9.59 Å². The number of hydrogen-bond acceptors (Lipinski definition) is 3. The first-order valence-electron chi connectivity index (χ1n) is 10.2. The van der Waals surface area contributed by atoms with Crippen molar-refractivity contribution in [3.63, 3.8) is 0 Å². The molecule has 3 rings (SSSR count). The Morgan fingerprint density at radius 1 is 0.967 bits per heavy atom. The molecule has 1 N–H and O–H groups in total. The van der Waals surface area contributed by atoms with Gasteiger partial charge in [0.15, 0.2) is 0 Å². The molecule has 0 atom stereocenters. The lowest BCUT2D eigenvalue weighted by Gasteiger charge is -2.19. The second-order valence-electron chi connectivity index (χ2n) is 7.33. The van der Waals surface area contributed by atoms with Gasteiger partial charge >= 0.3 is 0 Å². The van der Waals surface area contributed by atoms with E-state index in [0.29, 0.717) is 18.9 Å². The molecule has 0 fully saturated rings. The largest absolute Gasteiger partial charge is 0.334 e. The number of aryl methyl sites for hydroxylation is 2. The molecule has 0 aliphatic rings. The van der Waals surface area contributed by atoms with Gasteiger partial charge in [0.25, 0.3) is 0 Å². The lowest BCUT2D eigenvalue weighted by atomic mass is 10.1. The van der Waals surface area contributed by atoms with E-state index in [1.807, 2.05) is 80.1 Å². The van der Waals surface area contributed by atoms with E-state index in [0.717, 1.165) is 22.5 Å². The van der Waals surface area contributed by atoms with Crippen LogP contribution in [0.25, 0.3) is 16.9 Å². The maximum absolute atomic E-state index is 12.7. The molecule has 0 aliphatic carbocycles. The summed E-state index contributed by atoms with van der Waals surface area (Å²) in [5.74, 6) is 0.113. The summed E-state index contributed by atoms with van der Waals surface area (Å²) < 4.78 is 1.87. The number of anilines is 1. The predicted octanol–water partition coefficient (Wildman–Crippen LogP) is 4.35. The molecule has 1 aromatic heterocycles. The van der Waals surface area contributed by atoms with Gasteiger partial charge in [0.05, 0.1) is 12.2 Å². The number of rotatable bonds is 7. The first-order valence-corrected chi connectivity index (χ1v) is 10.2. The number of likely N-dealkylation sites (N-methyl/N-ethyl adjacent to an activating group) is 1. The third kappa shape index (κ3) is 4.95. The van der Waals surface area contributed by atoms with Crippen molar-refractivity contribution in [3.05, 3.63) is 65.9 Å². The standard InChI is InChI=1S/C24H28N4O2/c1-5-23(30)27(6-2)16-22(29)26-24-25-21(19-11-7-17(3)8-12-19)15-28(24)20-13-9-18(4)10-14-20/h7-15H,5-6,16H2,1-4H3,(H,25,26,29). The van der Waals surface area contributed by atoms with Gasteiger partial charge in [-0.15, -0.1) is 0 Å². The van der Waals surface area contributed by atoms with Crippen LogP contribution in [-0.2, 0) is 9.59 Å². The van der Waals surface area contributed by atoms with Gasteiger partial charge in [-0.1, -0.05) is 54.4 Å². The molecule has 2 amide bonds. The molecule has 30 heavy (non-hydrogen) atoms. The number of nitrogens with one attached hydrogen (secondary N) is 1. The van der Waals surface area contributed by atoms with Gasteiger partial charge in [-0.25, -0.2) is 4.98 Å². The molecule has 3 aromatic rings. The number of carbonyl (C=O) groups excluding carboxylic acids is 2. The van der Waals surface area contributed by atoms with Crippen LogP contribution in [0.5, 0.6) is 0 Å². The average molecular weight is 405 g/mol. The number of benzene rings is 2. The molecule has 0 spiro atoms. The highest BCUT2D eigenvalue weighted by Crippen LogP contribution is 2.25. The highest BCUT2D eigenvalue weighted by atomic mass is 16.2. The third-order valence-electron chi connectivity index (χ3n) is 4.99. The van der Waals surface area contributed by atoms with Gasteiger partial charge in [0, 0.05) is 30.4 Å². The van der Waals surface area contributed by atoms with Crippen LogP contribution in [0.15, 0.2) is 54.7 Å². The monoisotopic (exact) mass is 404 g/mol. The molecule has 0 unspecified atom stereocenters. The second-order valence-corrected chi connectivity index (χ2v) is 7.33.